The summed E-state index contributed by atoms with van der Waals surface area (Å²) in [5.74, 6) is 2.46. The molecule has 7 nitrogen and oxygen atoms in total. The van der Waals surface area contributed by atoms with Gasteiger partial charge in [0.1, 0.15) is 11.5 Å². The summed E-state index contributed by atoms with van der Waals surface area (Å²) < 4.78 is 16.8. The summed E-state index contributed by atoms with van der Waals surface area (Å²) in [4.78, 5) is 15.2. The minimum absolute atomic E-state index is 0. The molecule has 2 aromatic carbocycles. The van der Waals surface area contributed by atoms with Crippen molar-refractivity contribution >= 4 is 23.8 Å². The number of hydrogen-bond donors (Lipinski definition) is 0. The van der Waals surface area contributed by atoms with E-state index < -0.39 is 4.92 Å². The van der Waals surface area contributed by atoms with Gasteiger partial charge in [0.25, 0.3) is 5.69 Å². The molecule has 2 heterocycles. The maximum absolute atomic E-state index is 11.0. The zero-order valence-corrected chi connectivity index (χ0v) is 16.7. The number of nitro groups is 1. The normalized spacial score (nSPS) is 12.4. The summed E-state index contributed by atoms with van der Waals surface area (Å²) in [6.45, 7) is 0.644. The molecule has 4 rings (SSSR count). The molecule has 29 heavy (non-hydrogen) atoms. The Kier molecular flexibility index (Phi) is 5.89. The molecule has 0 aliphatic carbocycles. The van der Waals surface area contributed by atoms with Crippen molar-refractivity contribution in [2.45, 2.75) is 6.42 Å². The number of benzene rings is 2. The van der Waals surface area contributed by atoms with Crippen LogP contribution in [0.2, 0.25) is 0 Å². The number of furan rings is 1. The molecular weight excluding hydrogens is 396 g/mol. The summed E-state index contributed by atoms with van der Waals surface area (Å²) in [6, 6.07) is 13.9. The third-order valence-corrected chi connectivity index (χ3v) is 4.70. The standard InChI is InChI=1S/C21H18N2O5.ClH/c1-26-19-11-13-8-9-22-21(16(13)12-20(19)27-2)18-7-6-17(28-18)14-4-3-5-15(10-14)23(24)25;/h3-7,10-12H,8-9H2,1-2H3;1H. The smallest absolute Gasteiger partial charge is 0.270 e. The predicted octanol–water partition coefficient (Wildman–Crippen LogP) is 4.69. The molecule has 0 N–H and O–H groups in total. The third kappa shape index (κ3) is 3.82. The highest BCUT2D eigenvalue weighted by Crippen LogP contribution is 2.34. The van der Waals surface area contributed by atoms with Crippen molar-refractivity contribution in [2.24, 2.45) is 4.99 Å². The maximum Gasteiger partial charge on any atom is 0.270 e. The van der Waals surface area contributed by atoms with Gasteiger partial charge in [0.05, 0.1) is 19.1 Å². The summed E-state index contributed by atoms with van der Waals surface area (Å²) in [5, 5.41) is 11.0. The van der Waals surface area contributed by atoms with E-state index in [1.807, 2.05) is 18.2 Å². The third-order valence-electron chi connectivity index (χ3n) is 4.70. The molecule has 1 aliphatic heterocycles. The number of hydrogen-bond acceptors (Lipinski definition) is 6. The van der Waals surface area contributed by atoms with Crippen molar-refractivity contribution in [3.05, 3.63) is 75.5 Å². The molecule has 0 saturated carbocycles. The van der Waals surface area contributed by atoms with Gasteiger partial charge in [-0.05, 0) is 36.2 Å². The first kappa shape index (κ1) is 20.4. The topological polar surface area (TPSA) is 87.1 Å². The molecule has 1 aliphatic rings. The minimum atomic E-state index is -0.422. The van der Waals surface area contributed by atoms with E-state index in [1.165, 1.54) is 12.1 Å². The number of rotatable bonds is 5. The lowest BCUT2D eigenvalue weighted by Gasteiger charge is -2.18. The highest BCUT2D eigenvalue weighted by atomic mass is 35.5. The minimum Gasteiger partial charge on any atom is -0.493 e. The molecule has 150 valence electrons. The molecular formula is C21H19ClN2O5. The number of aliphatic imine (C=N–C) groups is 1. The first-order chi connectivity index (χ1) is 13.6. The highest BCUT2D eigenvalue weighted by Gasteiger charge is 2.22. The fraction of sp³-hybridized carbons (Fsp3) is 0.190. The number of fused-ring (bicyclic) bond motifs is 1. The number of ether oxygens (including phenoxy) is 2. The van der Waals surface area contributed by atoms with Crippen LogP contribution in [0.15, 0.2) is 57.9 Å². The second kappa shape index (κ2) is 8.36. The molecule has 3 aromatic rings. The fourth-order valence-electron chi connectivity index (χ4n) is 3.33. The average Bonchev–Trinajstić information content (AvgIpc) is 3.22. The van der Waals surface area contributed by atoms with E-state index >= 15 is 0 Å². The maximum atomic E-state index is 11.0. The molecule has 0 atom stereocenters. The summed E-state index contributed by atoms with van der Waals surface area (Å²) in [6.07, 6.45) is 0.803. The van der Waals surface area contributed by atoms with E-state index in [9.17, 15) is 10.1 Å². The van der Waals surface area contributed by atoms with Crippen LogP contribution in [0.3, 0.4) is 0 Å². The first-order valence-electron chi connectivity index (χ1n) is 8.75. The number of nitrogens with zero attached hydrogens (tertiary/aromatic N) is 2. The lowest BCUT2D eigenvalue weighted by atomic mass is 9.95. The summed E-state index contributed by atoms with van der Waals surface area (Å²) in [5.41, 5.74) is 3.44. The van der Waals surface area contributed by atoms with E-state index in [1.54, 1.807) is 32.4 Å². The Bertz CT molecular complexity index is 1090. The highest BCUT2D eigenvalue weighted by molar-refractivity contribution is 6.13. The Morgan fingerprint density at radius 3 is 2.48 bits per heavy atom. The van der Waals surface area contributed by atoms with Crippen molar-refractivity contribution in [1.29, 1.82) is 0 Å². The Morgan fingerprint density at radius 1 is 1.03 bits per heavy atom. The SMILES string of the molecule is COc1cc2c(cc1OC)C(c1ccc(-c3cccc([N+](=O)[O-])c3)o1)=NCC2.Cl. The lowest BCUT2D eigenvalue weighted by molar-refractivity contribution is -0.384. The van der Waals surface area contributed by atoms with Gasteiger partial charge >= 0.3 is 0 Å². The second-order valence-corrected chi connectivity index (χ2v) is 6.32. The van der Waals surface area contributed by atoms with Crippen molar-refractivity contribution in [3.63, 3.8) is 0 Å². The van der Waals surface area contributed by atoms with Gasteiger partial charge < -0.3 is 13.9 Å². The molecule has 0 radical (unpaired) electrons. The quantitative estimate of drug-likeness (QED) is 0.446. The van der Waals surface area contributed by atoms with Crippen LogP contribution in [-0.4, -0.2) is 31.4 Å². The van der Waals surface area contributed by atoms with Crippen molar-refractivity contribution in [3.8, 4) is 22.8 Å². The Labute approximate surface area is 173 Å². The van der Waals surface area contributed by atoms with Gasteiger partial charge in [0.15, 0.2) is 17.3 Å². The monoisotopic (exact) mass is 414 g/mol. The molecule has 0 saturated heterocycles. The van der Waals surface area contributed by atoms with E-state index in [2.05, 4.69) is 4.99 Å². The van der Waals surface area contributed by atoms with Crippen LogP contribution in [0.1, 0.15) is 16.9 Å². The Balaban J connectivity index is 0.00000240. The molecule has 0 spiro atoms. The summed E-state index contributed by atoms with van der Waals surface area (Å²) in [7, 11) is 3.21. The van der Waals surface area contributed by atoms with Crippen LogP contribution in [0.5, 0.6) is 11.5 Å². The van der Waals surface area contributed by atoms with Crippen LogP contribution in [0, 0.1) is 10.1 Å². The van der Waals surface area contributed by atoms with Crippen LogP contribution < -0.4 is 9.47 Å². The van der Waals surface area contributed by atoms with Gasteiger partial charge in [0, 0.05) is 29.8 Å². The van der Waals surface area contributed by atoms with Crippen molar-refractivity contribution in [1.82, 2.24) is 0 Å². The average molecular weight is 415 g/mol. The van der Waals surface area contributed by atoms with Crippen LogP contribution in [0.4, 0.5) is 5.69 Å². The zero-order valence-electron chi connectivity index (χ0n) is 15.9. The van der Waals surface area contributed by atoms with E-state index in [0.29, 0.717) is 35.1 Å². The van der Waals surface area contributed by atoms with Gasteiger partial charge in [-0.3, -0.25) is 15.1 Å². The molecule has 1 aromatic heterocycles. The zero-order chi connectivity index (χ0) is 19.7. The van der Waals surface area contributed by atoms with Crippen molar-refractivity contribution < 1.29 is 18.8 Å². The predicted molar refractivity (Wildman–Crippen MR) is 112 cm³/mol. The number of non-ortho nitro benzene ring substituents is 1. The van der Waals surface area contributed by atoms with Crippen molar-refractivity contribution in [2.75, 3.05) is 20.8 Å². The van der Waals surface area contributed by atoms with Gasteiger partial charge in [0.2, 0.25) is 0 Å². The van der Waals surface area contributed by atoms with Gasteiger partial charge in [-0.25, -0.2) is 0 Å². The molecule has 0 fully saturated rings. The van der Waals surface area contributed by atoms with Crippen LogP contribution in [0.25, 0.3) is 11.3 Å². The molecule has 0 bridgehead atoms. The Hall–Kier alpha value is -3.32. The molecule has 0 unspecified atom stereocenters. The van der Waals surface area contributed by atoms with Gasteiger partial charge in [-0.15, -0.1) is 12.4 Å². The largest absolute Gasteiger partial charge is 0.493 e. The number of halogens is 1. The van der Waals surface area contributed by atoms with Gasteiger partial charge in [-0.2, -0.15) is 0 Å². The number of methoxy groups -OCH3 is 2. The number of nitro benzene ring substituents is 1. The van der Waals surface area contributed by atoms with E-state index in [-0.39, 0.29) is 18.1 Å². The first-order valence-corrected chi connectivity index (χ1v) is 8.75. The lowest BCUT2D eigenvalue weighted by Crippen LogP contribution is -2.14. The Morgan fingerprint density at radius 2 is 1.76 bits per heavy atom. The second-order valence-electron chi connectivity index (χ2n) is 6.32. The fourth-order valence-corrected chi connectivity index (χ4v) is 3.33. The van der Waals surface area contributed by atoms with Gasteiger partial charge in [-0.1, -0.05) is 12.1 Å². The molecule has 8 heteroatoms. The summed E-state index contributed by atoms with van der Waals surface area (Å²) >= 11 is 0. The van der Waals surface area contributed by atoms with Crippen LogP contribution >= 0.6 is 12.4 Å². The van der Waals surface area contributed by atoms with E-state index in [4.69, 9.17) is 13.9 Å². The van der Waals surface area contributed by atoms with E-state index in [0.717, 1.165) is 23.3 Å². The molecule has 0 amide bonds. The van der Waals surface area contributed by atoms with Crippen LogP contribution in [-0.2, 0) is 6.42 Å².